The maximum absolute atomic E-state index is 12.6. The molecule has 138 valence electrons. The first-order valence-electron chi connectivity index (χ1n) is 7.78. The van der Waals surface area contributed by atoms with Crippen LogP contribution in [0.2, 0.25) is 0 Å². The molecule has 0 aliphatic carbocycles. The Morgan fingerprint density at radius 3 is 2.74 bits per heavy atom. The van der Waals surface area contributed by atoms with E-state index in [1.807, 2.05) is 0 Å². The van der Waals surface area contributed by atoms with Gasteiger partial charge < -0.3 is 14.7 Å². The van der Waals surface area contributed by atoms with Gasteiger partial charge in [-0.25, -0.2) is 4.79 Å². The van der Waals surface area contributed by atoms with Crippen LogP contribution in [0.1, 0.15) is 21.7 Å². The van der Waals surface area contributed by atoms with E-state index in [4.69, 9.17) is 4.42 Å². The molecule has 0 atom stereocenters. The number of aromatic amines is 1. The Kier molecular flexibility index (Phi) is 4.71. The van der Waals surface area contributed by atoms with Gasteiger partial charge in [-0.2, -0.15) is 0 Å². The molecule has 2 N–H and O–H groups in total. The highest BCUT2D eigenvalue weighted by Crippen LogP contribution is 2.27. The van der Waals surface area contributed by atoms with Gasteiger partial charge in [-0.3, -0.25) is 24.3 Å². The number of benzene rings is 1. The van der Waals surface area contributed by atoms with Gasteiger partial charge >= 0.3 is 5.69 Å². The molecule has 3 rings (SSSR count). The molecule has 0 radical (unpaired) electrons. The summed E-state index contributed by atoms with van der Waals surface area (Å²) in [4.78, 5) is 49.9. The number of H-pyrrole nitrogens is 1. The number of nitro benzene ring substituents is 1. The van der Waals surface area contributed by atoms with E-state index in [0.29, 0.717) is 11.3 Å². The topological polar surface area (TPSA) is 140 Å². The number of furan rings is 1. The molecule has 1 aromatic carbocycles. The van der Waals surface area contributed by atoms with E-state index >= 15 is 0 Å². The van der Waals surface area contributed by atoms with Gasteiger partial charge in [0.25, 0.3) is 17.2 Å². The number of carbonyl (C=O) groups excluding carboxylic acids is 1. The fraction of sp³-hybridized carbons (Fsp3) is 0.118. The van der Waals surface area contributed by atoms with Gasteiger partial charge in [0.05, 0.1) is 17.7 Å². The molecule has 0 saturated heterocycles. The molecule has 0 bridgehead atoms. The predicted molar refractivity (Wildman–Crippen MR) is 94.9 cm³/mol. The number of hydrogen-bond acceptors (Lipinski definition) is 6. The maximum atomic E-state index is 12.6. The third kappa shape index (κ3) is 3.54. The second-order valence-electron chi connectivity index (χ2n) is 5.66. The summed E-state index contributed by atoms with van der Waals surface area (Å²) in [5.41, 5.74) is -1.78. The van der Waals surface area contributed by atoms with Gasteiger partial charge in [-0.05, 0) is 24.6 Å². The summed E-state index contributed by atoms with van der Waals surface area (Å²) in [7, 11) is 0. The molecular weight excluding hydrogens is 356 g/mol. The van der Waals surface area contributed by atoms with E-state index in [0.717, 1.165) is 10.8 Å². The number of carbonyl (C=O) groups is 1. The van der Waals surface area contributed by atoms with Crippen LogP contribution in [0.15, 0.2) is 56.8 Å². The van der Waals surface area contributed by atoms with Crippen LogP contribution in [0.5, 0.6) is 0 Å². The van der Waals surface area contributed by atoms with Crippen LogP contribution in [0.25, 0.3) is 0 Å². The first-order chi connectivity index (χ1) is 12.9. The van der Waals surface area contributed by atoms with Gasteiger partial charge in [0.15, 0.2) is 0 Å². The third-order valence-corrected chi connectivity index (χ3v) is 3.89. The average Bonchev–Trinajstić information content (AvgIpc) is 3.13. The van der Waals surface area contributed by atoms with E-state index in [-0.39, 0.29) is 23.5 Å². The standard InChI is InChI=1S/C17H14N4O6/c1-10-4-2-6-13(21(25)26)14(10)19-15(22)12-8-18-17(24)20(16(12)23)9-11-5-3-7-27-11/h2-8H,9H2,1H3,(H,18,24)(H,19,22). The number of para-hydroxylation sites is 1. The minimum Gasteiger partial charge on any atom is -0.467 e. The SMILES string of the molecule is Cc1cccc([N+](=O)[O-])c1NC(=O)c1c[nH]c(=O)n(Cc2ccco2)c1=O. The molecule has 0 saturated carbocycles. The largest absolute Gasteiger partial charge is 0.467 e. The number of rotatable bonds is 5. The Labute approximate surface area is 151 Å². The van der Waals surface area contributed by atoms with Crippen LogP contribution in [0.4, 0.5) is 11.4 Å². The molecular formula is C17H14N4O6. The Hall–Kier alpha value is -3.95. The lowest BCUT2D eigenvalue weighted by atomic mass is 10.1. The van der Waals surface area contributed by atoms with Gasteiger partial charge in [0.2, 0.25) is 0 Å². The van der Waals surface area contributed by atoms with Crippen molar-refractivity contribution < 1.29 is 14.1 Å². The summed E-state index contributed by atoms with van der Waals surface area (Å²) in [6.45, 7) is 1.43. The summed E-state index contributed by atoms with van der Waals surface area (Å²) in [6, 6.07) is 7.49. The lowest BCUT2D eigenvalue weighted by molar-refractivity contribution is -0.384. The summed E-state index contributed by atoms with van der Waals surface area (Å²) in [5, 5.41) is 13.5. The van der Waals surface area contributed by atoms with Crippen molar-refractivity contribution in [3.8, 4) is 0 Å². The second kappa shape index (κ2) is 7.12. The van der Waals surface area contributed by atoms with Crippen molar-refractivity contribution in [1.82, 2.24) is 9.55 Å². The third-order valence-electron chi connectivity index (χ3n) is 3.89. The molecule has 0 spiro atoms. The molecule has 10 nitrogen and oxygen atoms in total. The van der Waals surface area contributed by atoms with Crippen molar-refractivity contribution >= 4 is 17.3 Å². The monoisotopic (exact) mass is 370 g/mol. The molecule has 0 fully saturated rings. The van der Waals surface area contributed by atoms with Gasteiger partial charge in [-0.15, -0.1) is 0 Å². The van der Waals surface area contributed by atoms with Crippen LogP contribution < -0.4 is 16.6 Å². The van der Waals surface area contributed by atoms with Crippen LogP contribution in [-0.4, -0.2) is 20.4 Å². The summed E-state index contributed by atoms with van der Waals surface area (Å²) < 4.78 is 5.92. The van der Waals surface area contributed by atoms with E-state index in [9.17, 15) is 24.5 Å². The zero-order valence-corrected chi connectivity index (χ0v) is 14.1. The quantitative estimate of drug-likeness (QED) is 0.517. The number of amides is 1. The molecule has 10 heteroatoms. The van der Waals surface area contributed by atoms with Crippen LogP contribution in [0, 0.1) is 17.0 Å². The first-order valence-corrected chi connectivity index (χ1v) is 7.78. The number of nitrogens with zero attached hydrogens (tertiary/aromatic N) is 2. The summed E-state index contributed by atoms with van der Waals surface area (Å²) in [6.07, 6.45) is 2.37. The van der Waals surface area contributed by atoms with Crippen LogP contribution in [0.3, 0.4) is 0 Å². The second-order valence-corrected chi connectivity index (χ2v) is 5.66. The van der Waals surface area contributed by atoms with Crippen molar-refractivity contribution in [3.05, 3.63) is 90.6 Å². The maximum Gasteiger partial charge on any atom is 0.328 e. The van der Waals surface area contributed by atoms with E-state index < -0.39 is 22.1 Å². The van der Waals surface area contributed by atoms with Crippen LogP contribution >= 0.6 is 0 Å². The fourth-order valence-electron chi connectivity index (χ4n) is 2.52. The minimum absolute atomic E-state index is 0.0179. The van der Waals surface area contributed by atoms with Gasteiger partial charge in [0.1, 0.15) is 17.0 Å². The molecule has 2 aromatic heterocycles. The zero-order valence-electron chi connectivity index (χ0n) is 14.1. The molecule has 3 aromatic rings. The molecule has 0 aliphatic heterocycles. The Bertz CT molecular complexity index is 1130. The van der Waals surface area contributed by atoms with E-state index in [1.165, 1.54) is 18.4 Å². The summed E-state index contributed by atoms with van der Waals surface area (Å²) >= 11 is 0. The molecule has 1 amide bonds. The number of nitro groups is 1. The number of aromatic nitrogens is 2. The highest BCUT2D eigenvalue weighted by Gasteiger charge is 2.21. The first kappa shape index (κ1) is 17.9. The lowest BCUT2D eigenvalue weighted by Crippen LogP contribution is -2.39. The highest BCUT2D eigenvalue weighted by molar-refractivity contribution is 6.05. The van der Waals surface area contributed by atoms with Crippen molar-refractivity contribution in [1.29, 1.82) is 0 Å². The molecule has 0 unspecified atom stereocenters. The van der Waals surface area contributed by atoms with Crippen molar-refractivity contribution in [2.45, 2.75) is 13.5 Å². The highest BCUT2D eigenvalue weighted by atomic mass is 16.6. The Morgan fingerprint density at radius 1 is 1.30 bits per heavy atom. The molecule has 0 aliphatic rings. The van der Waals surface area contributed by atoms with Crippen molar-refractivity contribution in [2.24, 2.45) is 0 Å². The fourth-order valence-corrected chi connectivity index (χ4v) is 2.52. The van der Waals surface area contributed by atoms with Crippen LogP contribution in [-0.2, 0) is 6.54 Å². The van der Waals surface area contributed by atoms with Crippen molar-refractivity contribution in [2.75, 3.05) is 5.32 Å². The lowest BCUT2D eigenvalue weighted by Gasteiger charge is -2.09. The van der Waals surface area contributed by atoms with Crippen molar-refractivity contribution in [3.63, 3.8) is 0 Å². The average molecular weight is 370 g/mol. The minimum atomic E-state index is -0.873. The smallest absolute Gasteiger partial charge is 0.328 e. The van der Waals surface area contributed by atoms with Gasteiger partial charge in [-0.1, -0.05) is 12.1 Å². The van der Waals surface area contributed by atoms with E-state index in [2.05, 4.69) is 10.3 Å². The normalized spacial score (nSPS) is 10.6. The van der Waals surface area contributed by atoms with E-state index in [1.54, 1.807) is 25.1 Å². The molecule has 27 heavy (non-hydrogen) atoms. The predicted octanol–water partition coefficient (Wildman–Crippen LogP) is 1.65. The zero-order chi connectivity index (χ0) is 19.6. The number of anilines is 1. The number of nitrogens with one attached hydrogen (secondary N) is 2. The Balaban J connectivity index is 1.98. The number of aryl methyl sites for hydroxylation is 1. The Morgan fingerprint density at radius 2 is 2.07 bits per heavy atom. The summed E-state index contributed by atoms with van der Waals surface area (Å²) in [5.74, 6) is -0.517. The molecule has 2 heterocycles. The van der Waals surface area contributed by atoms with Gasteiger partial charge in [0, 0.05) is 12.3 Å². The number of hydrogen-bond donors (Lipinski definition) is 2.